The van der Waals surface area contributed by atoms with Crippen molar-refractivity contribution in [2.75, 3.05) is 6.61 Å². The standard InChI is InChI=1S/C27H23ClNO2.CHF3O3S/c1-2-31-27(30)26-18-23(20-11-5-3-6-12-20)17-25(21-13-7-4-8-14-21)29(26)19-22-15-9-10-16-24(22)28;2-1(3,4)8(5,6)7/h3-18H,2,19H2,1H3;(H,5,6,7)/q+1;/p-1. The predicted octanol–water partition coefficient (Wildman–Crippen LogP) is 6.24. The molecule has 0 aliphatic heterocycles. The van der Waals surface area contributed by atoms with Gasteiger partial charge in [-0.1, -0.05) is 78.3 Å². The second kappa shape index (κ2) is 12.9. The van der Waals surface area contributed by atoms with Crippen LogP contribution in [0.2, 0.25) is 5.02 Å². The summed E-state index contributed by atoms with van der Waals surface area (Å²) in [4.78, 5) is 13.0. The molecule has 0 saturated heterocycles. The number of halogens is 4. The molecule has 11 heteroatoms. The van der Waals surface area contributed by atoms with Crippen molar-refractivity contribution in [3.63, 3.8) is 0 Å². The smallest absolute Gasteiger partial charge is 0.485 e. The minimum absolute atomic E-state index is 0.307. The van der Waals surface area contributed by atoms with Crippen molar-refractivity contribution >= 4 is 27.7 Å². The van der Waals surface area contributed by atoms with E-state index >= 15 is 0 Å². The number of benzene rings is 3. The molecule has 0 radical (unpaired) electrons. The van der Waals surface area contributed by atoms with E-state index in [4.69, 9.17) is 29.3 Å². The van der Waals surface area contributed by atoms with E-state index in [1.807, 2.05) is 102 Å². The van der Waals surface area contributed by atoms with Gasteiger partial charge in [0, 0.05) is 23.3 Å². The average molecular weight is 578 g/mol. The van der Waals surface area contributed by atoms with Crippen LogP contribution in [0.25, 0.3) is 22.4 Å². The second-order valence-electron chi connectivity index (χ2n) is 8.04. The summed E-state index contributed by atoms with van der Waals surface area (Å²) >= 11 is 6.46. The van der Waals surface area contributed by atoms with Crippen LogP contribution >= 0.6 is 11.6 Å². The van der Waals surface area contributed by atoms with Gasteiger partial charge in [0.25, 0.3) is 5.69 Å². The first-order valence-electron chi connectivity index (χ1n) is 11.5. The molecule has 0 amide bonds. The van der Waals surface area contributed by atoms with Gasteiger partial charge in [-0.2, -0.15) is 17.7 Å². The molecule has 39 heavy (non-hydrogen) atoms. The lowest BCUT2D eigenvalue weighted by Gasteiger charge is -2.12. The Hall–Kier alpha value is -3.73. The van der Waals surface area contributed by atoms with E-state index in [0.29, 0.717) is 23.9 Å². The van der Waals surface area contributed by atoms with Gasteiger partial charge in [0.15, 0.2) is 16.7 Å². The summed E-state index contributed by atoms with van der Waals surface area (Å²) in [6.45, 7) is 2.57. The minimum Gasteiger partial charge on any atom is -0.741 e. The third-order valence-corrected chi connectivity index (χ3v) is 6.33. The maximum absolute atomic E-state index is 13.0. The van der Waals surface area contributed by atoms with Gasteiger partial charge < -0.3 is 9.29 Å². The molecule has 0 saturated carbocycles. The molecule has 204 valence electrons. The highest BCUT2D eigenvalue weighted by Gasteiger charge is 2.37. The number of carbonyl (C=O) groups is 1. The van der Waals surface area contributed by atoms with Crippen LogP contribution in [0.1, 0.15) is 23.0 Å². The fourth-order valence-corrected chi connectivity index (χ4v) is 3.80. The van der Waals surface area contributed by atoms with Crippen LogP contribution < -0.4 is 4.57 Å². The van der Waals surface area contributed by atoms with E-state index < -0.39 is 15.6 Å². The van der Waals surface area contributed by atoms with Gasteiger partial charge >= 0.3 is 11.5 Å². The summed E-state index contributed by atoms with van der Waals surface area (Å²) < 4.78 is 66.3. The fraction of sp³-hybridized carbons (Fsp3) is 0.143. The van der Waals surface area contributed by atoms with Gasteiger partial charge in [-0.15, -0.1) is 0 Å². The third-order valence-electron chi connectivity index (χ3n) is 5.40. The predicted molar refractivity (Wildman–Crippen MR) is 140 cm³/mol. The molecule has 6 nitrogen and oxygen atoms in total. The molecule has 0 bridgehead atoms. The Morgan fingerprint density at radius 3 is 1.90 bits per heavy atom. The van der Waals surface area contributed by atoms with E-state index in [1.54, 1.807) is 0 Å². The number of alkyl halides is 3. The average Bonchev–Trinajstić information content (AvgIpc) is 2.90. The monoisotopic (exact) mass is 577 g/mol. The molecule has 0 aliphatic carbocycles. The summed E-state index contributed by atoms with van der Waals surface area (Å²) in [7, 11) is -6.09. The molecule has 0 N–H and O–H groups in total. The van der Waals surface area contributed by atoms with Crippen molar-refractivity contribution < 1.29 is 40.2 Å². The third kappa shape index (κ3) is 7.89. The Balaban J connectivity index is 0.000000459. The molecule has 0 aliphatic rings. The maximum Gasteiger partial charge on any atom is 0.485 e. The zero-order valence-corrected chi connectivity index (χ0v) is 22.1. The summed E-state index contributed by atoms with van der Waals surface area (Å²) in [5.74, 6) is -0.357. The van der Waals surface area contributed by atoms with E-state index in [1.165, 1.54) is 0 Å². The SMILES string of the molecule is CCOC(=O)c1cc(-c2ccccc2)cc(-c2ccccc2)[n+]1Cc1ccccc1Cl.O=S(=O)([O-])C(F)(F)F. The van der Waals surface area contributed by atoms with Crippen LogP contribution in [-0.4, -0.2) is 31.1 Å². The van der Waals surface area contributed by atoms with Crippen molar-refractivity contribution in [3.05, 3.63) is 113 Å². The van der Waals surface area contributed by atoms with E-state index in [0.717, 1.165) is 27.9 Å². The Morgan fingerprint density at radius 2 is 1.38 bits per heavy atom. The minimum atomic E-state index is -6.09. The molecule has 1 aromatic heterocycles. The Labute approximate surface area is 229 Å². The highest BCUT2D eigenvalue weighted by Crippen LogP contribution is 2.27. The lowest BCUT2D eigenvalue weighted by atomic mass is 10.0. The molecule has 3 aromatic carbocycles. The van der Waals surface area contributed by atoms with Crippen molar-refractivity contribution in [3.8, 4) is 22.4 Å². The summed E-state index contributed by atoms with van der Waals surface area (Å²) in [6, 6.07) is 31.8. The molecular weight excluding hydrogens is 555 g/mol. The van der Waals surface area contributed by atoms with Gasteiger partial charge in [-0.25, -0.2) is 13.2 Å². The number of hydrogen-bond acceptors (Lipinski definition) is 5. The van der Waals surface area contributed by atoms with E-state index in [9.17, 15) is 18.0 Å². The summed E-state index contributed by atoms with van der Waals surface area (Å²) in [5.41, 5.74) is -0.297. The number of pyridine rings is 1. The number of esters is 1. The van der Waals surface area contributed by atoms with Crippen molar-refractivity contribution in [1.82, 2.24) is 0 Å². The van der Waals surface area contributed by atoms with Crippen molar-refractivity contribution in [1.29, 1.82) is 0 Å². The molecule has 0 unspecified atom stereocenters. The lowest BCUT2D eigenvalue weighted by molar-refractivity contribution is -0.679. The highest BCUT2D eigenvalue weighted by molar-refractivity contribution is 7.86. The normalized spacial score (nSPS) is 11.3. The zero-order chi connectivity index (χ0) is 28.6. The molecule has 0 spiro atoms. The molecule has 4 aromatic rings. The van der Waals surface area contributed by atoms with Crippen LogP contribution in [0.15, 0.2) is 97.1 Å². The molecule has 0 atom stereocenters. The quantitative estimate of drug-likeness (QED) is 0.117. The molecule has 4 rings (SSSR count). The number of hydrogen-bond donors (Lipinski definition) is 0. The molecule has 0 fully saturated rings. The number of carbonyl (C=O) groups excluding carboxylic acids is 1. The van der Waals surface area contributed by atoms with Crippen molar-refractivity contribution in [2.24, 2.45) is 0 Å². The van der Waals surface area contributed by atoms with E-state index in [-0.39, 0.29) is 5.97 Å². The van der Waals surface area contributed by atoms with Crippen molar-refractivity contribution in [2.45, 2.75) is 19.0 Å². The van der Waals surface area contributed by atoms with Crippen LogP contribution in [0.5, 0.6) is 0 Å². The van der Waals surface area contributed by atoms with Crippen LogP contribution in [0.3, 0.4) is 0 Å². The number of nitrogens with zero attached hydrogens (tertiary/aromatic N) is 1. The Morgan fingerprint density at radius 1 is 0.872 bits per heavy atom. The van der Waals surface area contributed by atoms with Crippen LogP contribution in [0.4, 0.5) is 13.2 Å². The van der Waals surface area contributed by atoms with Gasteiger partial charge in [0.2, 0.25) is 5.69 Å². The van der Waals surface area contributed by atoms with E-state index in [2.05, 4.69) is 6.07 Å². The number of ether oxygens (including phenoxy) is 1. The maximum atomic E-state index is 13.0. The first-order valence-corrected chi connectivity index (χ1v) is 13.3. The van der Waals surface area contributed by atoms with Gasteiger partial charge in [0.05, 0.1) is 11.6 Å². The first kappa shape index (κ1) is 29.8. The second-order valence-corrected chi connectivity index (χ2v) is 9.82. The lowest BCUT2D eigenvalue weighted by Crippen LogP contribution is -2.44. The van der Waals surface area contributed by atoms with Gasteiger partial charge in [0.1, 0.15) is 0 Å². The molecular formula is C28H23ClF3NO5S. The number of aromatic nitrogens is 1. The first-order chi connectivity index (χ1) is 18.4. The van der Waals surface area contributed by atoms with Crippen LogP contribution in [-0.2, 0) is 21.4 Å². The van der Waals surface area contributed by atoms with Gasteiger partial charge in [-0.3, -0.25) is 0 Å². The Kier molecular flexibility index (Phi) is 9.85. The fourth-order valence-electron chi connectivity index (χ4n) is 3.61. The summed E-state index contributed by atoms with van der Waals surface area (Å²) in [5, 5.41) is 0.663. The van der Waals surface area contributed by atoms with Crippen LogP contribution in [0, 0.1) is 0 Å². The highest BCUT2D eigenvalue weighted by atomic mass is 35.5. The van der Waals surface area contributed by atoms with Gasteiger partial charge in [-0.05, 0) is 36.2 Å². The summed E-state index contributed by atoms with van der Waals surface area (Å²) in [6.07, 6.45) is 0. The molecule has 1 heterocycles. The topological polar surface area (TPSA) is 87.4 Å². The number of rotatable bonds is 6. The largest absolute Gasteiger partial charge is 0.741 e. The Bertz CT molecular complexity index is 1530. The zero-order valence-electron chi connectivity index (χ0n) is 20.6.